The highest BCUT2D eigenvalue weighted by Gasteiger charge is 2.08. The highest BCUT2D eigenvalue weighted by molar-refractivity contribution is 6.30. The summed E-state index contributed by atoms with van der Waals surface area (Å²) in [4.78, 5) is 12.1. The molecule has 0 bridgehead atoms. The molecule has 0 aliphatic rings. The van der Waals surface area contributed by atoms with Crippen molar-refractivity contribution in [1.29, 1.82) is 0 Å². The van der Waals surface area contributed by atoms with E-state index >= 15 is 0 Å². The van der Waals surface area contributed by atoms with E-state index in [2.05, 4.69) is 5.32 Å². The molecule has 0 aliphatic heterocycles. The minimum Gasteiger partial charge on any atom is -0.489 e. The van der Waals surface area contributed by atoms with Crippen LogP contribution in [0.25, 0.3) is 0 Å². The summed E-state index contributed by atoms with van der Waals surface area (Å²) in [7, 11) is 0. The Kier molecular flexibility index (Phi) is 6.44. The molecule has 0 saturated heterocycles. The van der Waals surface area contributed by atoms with Crippen molar-refractivity contribution in [2.75, 3.05) is 13.1 Å². The molecule has 0 saturated carbocycles. The molecule has 2 rings (SSSR count). The summed E-state index contributed by atoms with van der Waals surface area (Å²) < 4.78 is 5.73. The van der Waals surface area contributed by atoms with Gasteiger partial charge in [-0.15, -0.1) is 0 Å². The lowest BCUT2D eigenvalue weighted by atomic mass is 10.1. The molecule has 0 fully saturated rings. The van der Waals surface area contributed by atoms with Crippen LogP contribution < -0.4 is 15.8 Å². The Balaban J connectivity index is 1.95. The van der Waals surface area contributed by atoms with E-state index in [9.17, 15) is 4.79 Å². The van der Waals surface area contributed by atoms with E-state index in [1.165, 1.54) is 0 Å². The second kappa shape index (κ2) is 8.56. The Hall–Kier alpha value is -2.04. The maximum Gasteiger partial charge on any atom is 0.251 e. The maximum atomic E-state index is 12.1. The fourth-order valence-corrected chi connectivity index (χ4v) is 2.19. The molecule has 0 heterocycles. The maximum absolute atomic E-state index is 12.1. The molecule has 1 atom stereocenters. The summed E-state index contributed by atoms with van der Waals surface area (Å²) in [5.41, 5.74) is 7.09. The summed E-state index contributed by atoms with van der Waals surface area (Å²) in [5.74, 6) is 0.768. The molecule has 1 amide bonds. The van der Waals surface area contributed by atoms with E-state index in [0.29, 0.717) is 36.0 Å². The molecule has 1 unspecified atom stereocenters. The fraction of sp³-hybridized carbons (Fsp3) is 0.278. The minimum atomic E-state index is -0.126. The lowest BCUT2D eigenvalue weighted by Gasteiger charge is -2.11. The van der Waals surface area contributed by atoms with Crippen LogP contribution in [0.2, 0.25) is 5.02 Å². The first-order valence-electron chi connectivity index (χ1n) is 7.54. The number of carbonyl (C=O) groups is 1. The van der Waals surface area contributed by atoms with Gasteiger partial charge in [-0.3, -0.25) is 4.79 Å². The zero-order valence-electron chi connectivity index (χ0n) is 13.1. The summed E-state index contributed by atoms with van der Waals surface area (Å²) in [5, 5.41) is 3.54. The number of hydrogen-bond acceptors (Lipinski definition) is 3. The van der Waals surface area contributed by atoms with E-state index in [-0.39, 0.29) is 11.8 Å². The fourth-order valence-electron chi connectivity index (χ4n) is 1.97. The summed E-state index contributed by atoms with van der Waals surface area (Å²) in [6.07, 6.45) is 0. The van der Waals surface area contributed by atoms with Gasteiger partial charge in [0.1, 0.15) is 12.4 Å². The highest BCUT2D eigenvalue weighted by Crippen LogP contribution is 2.17. The normalized spacial score (nSPS) is 11.8. The van der Waals surface area contributed by atoms with Crippen LogP contribution in [-0.2, 0) is 6.61 Å². The molecule has 0 aliphatic carbocycles. The van der Waals surface area contributed by atoms with Crippen molar-refractivity contribution in [1.82, 2.24) is 5.32 Å². The van der Waals surface area contributed by atoms with Crippen LogP contribution in [0.4, 0.5) is 0 Å². The van der Waals surface area contributed by atoms with Gasteiger partial charge in [0.15, 0.2) is 0 Å². The number of hydrogen-bond donors (Lipinski definition) is 2. The van der Waals surface area contributed by atoms with Crippen molar-refractivity contribution in [3.8, 4) is 5.75 Å². The summed E-state index contributed by atoms with van der Waals surface area (Å²) >= 11 is 5.95. The van der Waals surface area contributed by atoms with Gasteiger partial charge < -0.3 is 15.8 Å². The molecule has 2 aromatic carbocycles. The summed E-state index contributed by atoms with van der Waals surface area (Å²) in [6.45, 7) is 3.49. The third-order valence-electron chi connectivity index (χ3n) is 3.40. The molecule has 122 valence electrons. The van der Waals surface area contributed by atoms with E-state index in [4.69, 9.17) is 22.1 Å². The SMILES string of the molecule is CC(CN)CNC(=O)c1cccc(OCc2cccc(Cl)c2)c1. The molecule has 5 heteroatoms. The minimum absolute atomic E-state index is 0.126. The number of nitrogens with one attached hydrogen (secondary N) is 1. The van der Waals surface area contributed by atoms with Crippen molar-refractivity contribution in [2.45, 2.75) is 13.5 Å². The van der Waals surface area contributed by atoms with Crippen LogP contribution in [0.1, 0.15) is 22.8 Å². The predicted octanol–water partition coefficient (Wildman–Crippen LogP) is 3.24. The molecule has 4 nitrogen and oxygen atoms in total. The average molecular weight is 333 g/mol. The van der Waals surface area contributed by atoms with Gasteiger partial charge in [0, 0.05) is 17.1 Å². The van der Waals surface area contributed by atoms with Gasteiger partial charge in [-0.25, -0.2) is 0 Å². The van der Waals surface area contributed by atoms with Gasteiger partial charge in [0.2, 0.25) is 0 Å². The number of benzene rings is 2. The molecule has 0 spiro atoms. The Morgan fingerprint density at radius 3 is 2.78 bits per heavy atom. The molecule has 3 N–H and O–H groups in total. The second-order valence-electron chi connectivity index (χ2n) is 5.50. The third-order valence-corrected chi connectivity index (χ3v) is 3.64. The smallest absolute Gasteiger partial charge is 0.251 e. The number of ether oxygens (including phenoxy) is 1. The molecule has 0 aromatic heterocycles. The van der Waals surface area contributed by atoms with Crippen LogP contribution in [0.5, 0.6) is 5.75 Å². The van der Waals surface area contributed by atoms with Gasteiger partial charge in [-0.1, -0.05) is 36.7 Å². The number of rotatable bonds is 7. The van der Waals surface area contributed by atoms with Gasteiger partial charge in [-0.2, -0.15) is 0 Å². The van der Waals surface area contributed by atoms with Gasteiger partial charge in [0.25, 0.3) is 5.91 Å². The van der Waals surface area contributed by atoms with Crippen molar-refractivity contribution in [2.24, 2.45) is 11.7 Å². The van der Waals surface area contributed by atoms with Crippen molar-refractivity contribution >= 4 is 17.5 Å². The Morgan fingerprint density at radius 1 is 1.26 bits per heavy atom. The number of halogens is 1. The number of carbonyl (C=O) groups excluding carboxylic acids is 1. The van der Waals surface area contributed by atoms with Gasteiger partial charge in [0.05, 0.1) is 0 Å². The first kappa shape index (κ1) is 17.3. The Bertz CT molecular complexity index is 661. The van der Waals surface area contributed by atoms with Crippen molar-refractivity contribution in [3.05, 3.63) is 64.7 Å². The molecule has 23 heavy (non-hydrogen) atoms. The second-order valence-corrected chi connectivity index (χ2v) is 5.93. The topological polar surface area (TPSA) is 64.3 Å². The molecule has 0 radical (unpaired) electrons. The Morgan fingerprint density at radius 2 is 2.04 bits per heavy atom. The lowest BCUT2D eigenvalue weighted by molar-refractivity contribution is 0.0948. The van der Waals surface area contributed by atoms with E-state index in [1.54, 1.807) is 18.2 Å². The highest BCUT2D eigenvalue weighted by atomic mass is 35.5. The zero-order valence-corrected chi connectivity index (χ0v) is 13.8. The van der Waals surface area contributed by atoms with E-state index in [1.807, 2.05) is 37.3 Å². The Labute approximate surface area is 141 Å². The monoisotopic (exact) mass is 332 g/mol. The zero-order chi connectivity index (χ0) is 16.7. The first-order chi connectivity index (χ1) is 11.1. The first-order valence-corrected chi connectivity index (χ1v) is 7.92. The van der Waals surface area contributed by atoms with Gasteiger partial charge in [-0.05, 0) is 48.4 Å². The molecule has 2 aromatic rings. The lowest BCUT2D eigenvalue weighted by Crippen LogP contribution is -2.31. The third kappa shape index (κ3) is 5.58. The van der Waals surface area contributed by atoms with E-state index in [0.717, 1.165) is 5.56 Å². The van der Waals surface area contributed by atoms with Crippen LogP contribution in [0, 0.1) is 5.92 Å². The van der Waals surface area contributed by atoms with Crippen molar-refractivity contribution < 1.29 is 9.53 Å². The quantitative estimate of drug-likeness (QED) is 0.818. The predicted molar refractivity (Wildman–Crippen MR) is 92.8 cm³/mol. The van der Waals surface area contributed by atoms with Crippen LogP contribution >= 0.6 is 11.6 Å². The average Bonchev–Trinajstić information content (AvgIpc) is 2.58. The van der Waals surface area contributed by atoms with Crippen molar-refractivity contribution in [3.63, 3.8) is 0 Å². The largest absolute Gasteiger partial charge is 0.489 e. The number of nitrogens with two attached hydrogens (primary N) is 1. The molecular formula is C18H21ClN2O2. The van der Waals surface area contributed by atoms with E-state index < -0.39 is 0 Å². The summed E-state index contributed by atoms with van der Waals surface area (Å²) in [6, 6.07) is 14.6. The number of amides is 1. The van der Waals surface area contributed by atoms with Gasteiger partial charge >= 0.3 is 0 Å². The molecular weight excluding hydrogens is 312 g/mol. The standard InChI is InChI=1S/C18H21ClN2O2/c1-13(10-20)11-21-18(22)15-5-3-7-17(9-15)23-12-14-4-2-6-16(19)8-14/h2-9,13H,10-12,20H2,1H3,(H,21,22). The van der Waals surface area contributed by atoms with Crippen LogP contribution in [0.3, 0.4) is 0 Å². The van der Waals surface area contributed by atoms with Crippen LogP contribution in [0.15, 0.2) is 48.5 Å². The van der Waals surface area contributed by atoms with Crippen LogP contribution in [-0.4, -0.2) is 19.0 Å².